The molecule has 0 aromatic heterocycles. The Morgan fingerprint density at radius 3 is 0.496 bits per heavy atom. The van der Waals surface area contributed by atoms with Crippen LogP contribution in [-0.4, -0.2) is 46.4 Å². The molecule has 0 saturated heterocycles. The molecule has 0 aliphatic rings. The maximum atomic E-state index is 5.73. The van der Waals surface area contributed by atoms with Gasteiger partial charge < -0.3 is 116 Å². The second-order valence-electron chi connectivity index (χ2n) is 25.3. The molecule has 113 heavy (non-hydrogen) atoms. The molecule has 0 heterocycles. The van der Waals surface area contributed by atoms with Crippen molar-refractivity contribution in [1.29, 1.82) is 0 Å². The zero-order chi connectivity index (χ0) is 80.0. The average molecular weight is 1520 g/mol. The molecule has 22 heteroatoms. The quantitative estimate of drug-likeness (QED) is 0.0113. The average Bonchev–Trinajstić information content (AvgIpc) is 0.870. The van der Waals surface area contributed by atoms with E-state index in [0.717, 1.165) is 153 Å². The van der Waals surface area contributed by atoms with Crippen molar-refractivity contribution in [2.24, 2.45) is 0 Å². The highest BCUT2D eigenvalue weighted by molar-refractivity contribution is 5.50. The van der Waals surface area contributed by atoms with Crippen molar-refractivity contribution >= 4 is 68.2 Å². The highest BCUT2D eigenvalue weighted by Gasteiger charge is 2.05. The van der Waals surface area contributed by atoms with E-state index in [1.165, 1.54) is 11.1 Å². The molecule has 24 N–H and O–H groups in total. The Balaban J connectivity index is 0.000000170. The first kappa shape index (κ1) is 84.1. The van der Waals surface area contributed by atoms with Crippen LogP contribution in [-0.2, 0) is 12.8 Å². The Kier molecular flexibility index (Phi) is 35.2. The molecule has 13 aromatic rings. The monoisotopic (exact) mass is 1520 g/mol. The van der Waals surface area contributed by atoms with E-state index in [-0.39, 0.29) is 6.79 Å². The molecule has 13 rings (SSSR count). The van der Waals surface area contributed by atoms with Gasteiger partial charge in [0.05, 0.1) is 26.4 Å². The van der Waals surface area contributed by atoms with E-state index in [1.807, 2.05) is 194 Å². The number of nitrogens with two attached hydrogens (primary N) is 12. The number of anilines is 12. The van der Waals surface area contributed by atoms with Crippen molar-refractivity contribution in [2.75, 3.05) is 115 Å². The van der Waals surface area contributed by atoms with Crippen molar-refractivity contribution in [3.05, 3.63) is 327 Å². The van der Waals surface area contributed by atoms with E-state index in [9.17, 15) is 0 Å². The smallest absolute Gasteiger partial charge is 0.230 e. The predicted molar refractivity (Wildman–Crippen MR) is 462 cm³/mol. The summed E-state index contributed by atoms with van der Waals surface area (Å²) in [6.07, 6.45) is 6.02. The van der Waals surface area contributed by atoms with E-state index in [2.05, 4.69) is 24.3 Å². The summed E-state index contributed by atoms with van der Waals surface area (Å²) >= 11 is 0. The van der Waals surface area contributed by atoms with Crippen molar-refractivity contribution < 1.29 is 47.4 Å². The van der Waals surface area contributed by atoms with Crippen LogP contribution in [0.4, 0.5) is 68.2 Å². The van der Waals surface area contributed by atoms with Gasteiger partial charge in [0.2, 0.25) is 6.79 Å². The molecule has 0 aliphatic carbocycles. The molecular formula is C91H102N12O10. The molecule has 0 spiro atoms. The highest BCUT2D eigenvalue weighted by Crippen LogP contribution is 2.29. The van der Waals surface area contributed by atoms with Gasteiger partial charge in [-0.2, -0.15) is 0 Å². The molecule has 0 unspecified atom stereocenters. The van der Waals surface area contributed by atoms with Crippen LogP contribution in [0.25, 0.3) is 0 Å². The second kappa shape index (κ2) is 47.3. The van der Waals surface area contributed by atoms with Crippen molar-refractivity contribution in [3.63, 3.8) is 0 Å². The molecular weight excluding hydrogens is 1420 g/mol. The molecule has 0 amide bonds. The van der Waals surface area contributed by atoms with Crippen LogP contribution in [0.3, 0.4) is 0 Å². The summed E-state index contributed by atoms with van der Waals surface area (Å²) in [6.45, 7) is 3.68. The molecule has 0 atom stereocenters. The predicted octanol–water partition coefficient (Wildman–Crippen LogP) is 17.8. The zero-order valence-corrected chi connectivity index (χ0v) is 63.2. The summed E-state index contributed by atoms with van der Waals surface area (Å²) in [7, 11) is 0. The Labute approximate surface area is 661 Å². The lowest BCUT2D eigenvalue weighted by molar-refractivity contribution is 0.120. The number of benzene rings is 13. The standard InChI is InChI=1S/C18H16N2O2.C16H20N2O2.C15H18N2O2.C15H18N2.C14H16N2O2.C13H14N2O2/c19-13-1-5-15(6-2-13)21-17-9-11-18(12-10-17)22-16-7-3-14(20)4-8-16;17-13-3-7-15(8-4-13)19-11-1-2-12-20-16-9-5-14(18)6-10-16;16-12-2-6-14(7-3-12)18-10-1-11-19-15-8-4-13(17)5-9-15;16-14-8-4-12(5-9-14)2-1-3-13-6-10-15(17)11-7-13;15-11-1-5-13(6-2-11)17-9-10-18-14-7-3-12(16)4-8-14;14-10-1-5-12(6-2-10)16-9-17-13-7-3-11(15)4-8-13/h1-12H,19-20H2;3-10H,1-2,11-12,17-18H2;2-9H,1,10-11,16-17H2;4-11H,1-3,16-17H2;1-8H,9-10,15-16H2;1-8H,9,14-15H2. The molecule has 0 bridgehead atoms. The van der Waals surface area contributed by atoms with E-state index >= 15 is 0 Å². The second-order valence-corrected chi connectivity index (χ2v) is 25.3. The summed E-state index contributed by atoms with van der Waals surface area (Å²) < 4.78 is 55.6. The largest absolute Gasteiger partial charge is 0.494 e. The minimum atomic E-state index is 0.147. The van der Waals surface area contributed by atoms with Gasteiger partial charge in [0.15, 0.2) is 0 Å². The SMILES string of the molecule is Nc1ccc(CCCc2ccc(N)cc2)cc1.Nc1ccc(OCCCCOc2ccc(N)cc2)cc1.Nc1ccc(OCCCOc2ccc(N)cc2)cc1.Nc1ccc(OCCOc2ccc(N)cc2)cc1.Nc1ccc(OCOc2ccc(N)cc2)cc1.Nc1ccc(Oc2ccc(Oc3ccc(N)cc3)cc2)cc1. The molecule has 22 nitrogen and oxygen atoms in total. The van der Waals surface area contributed by atoms with Gasteiger partial charge in [-0.1, -0.05) is 24.3 Å². The van der Waals surface area contributed by atoms with Crippen LogP contribution in [0.15, 0.2) is 315 Å². The fourth-order valence-electron chi connectivity index (χ4n) is 9.81. The number of nitrogen functional groups attached to an aromatic ring is 12. The first-order valence-electron chi connectivity index (χ1n) is 36.6. The molecule has 0 radical (unpaired) electrons. The van der Waals surface area contributed by atoms with Crippen LogP contribution < -0.4 is 116 Å². The molecule has 13 aromatic carbocycles. The molecule has 0 saturated carbocycles. The third-order valence-electron chi connectivity index (χ3n) is 16.0. The lowest BCUT2D eigenvalue weighted by Gasteiger charge is -2.08. The third kappa shape index (κ3) is 34.9. The molecule has 0 fully saturated rings. The maximum Gasteiger partial charge on any atom is 0.230 e. The lowest BCUT2D eigenvalue weighted by atomic mass is 10.0. The van der Waals surface area contributed by atoms with Crippen LogP contribution in [0, 0.1) is 0 Å². The zero-order valence-electron chi connectivity index (χ0n) is 63.2. The number of aryl methyl sites for hydroxylation is 2. The van der Waals surface area contributed by atoms with Crippen LogP contribution >= 0.6 is 0 Å². The first-order valence-corrected chi connectivity index (χ1v) is 36.6. The van der Waals surface area contributed by atoms with Gasteiger partial charge in [0.25, 0.3) is 0 Å². The summed E-state index contributed by atoms with van der Waals surface area (Å²) in [5, 5.41) is 0. The van der Waals surface area contributed by atoms with Gasteiger partial charge in [0, 0.05) is 74.7 Å². The number of ether oxygens (including phenoxy) is 10. The first-order chi connectivity index (χ1) is 54.9. The normalized spacial score (nSPS) is 10.1. The Bertz CT molecular complexity index is 4320. The number of rotatable bonds is 30. The fourth-order valence-corrected chi connectivity index (χ4v) is 9.81. The van der Waals surface area contributed by atoms with Gasteiger partial charge in [-0.15, -0.1) is 0 Å². The van der Waals surface area contributed by atoms with Crippen molar-refractivity contribution in [3.8, 4) is 69.0 Å². The Morgan fingerprint density at radius 1 is 0.142 bits per heavy atom. The summed E-state index contributed by atoms with van der Waals surface area (Å²) in [4.78, 5) is 0. The van der Waals surface area contributed by atoms with Gasteiger partial charge >= 0.3 is 0 Å². The number of hydrogen-bond acceptors (Lipinski definition) is 22. The summed E-state index contributed by atoms with van der Waals surface area (Å²) in [5.41, 5.74) is 78.8. The number of hydrogen-bond donors (Lipinski definition) is 12. The fraction of sp³-hybridized carbons (Fsp3) is 0.143. The van der Waals surface area contributed by atoms with Gasteiger partial charge in [-0.05, 0) is 334 Å². The van der Waals surface area contributed by atoms with E-state index in [1.54, 1.807) is 97.1 Å². The molecule has 586 valence electrons. The van der Waals surface area contributed by atoms with Crippen LogP contribution in [0.5, 0.6) is 69.0 Å². The van der Waals surface area contributed by atoms with Crippen LogP contribution in [0.1, 0.15) is 36.8 Å². The van der Waals surface area contributed by atoms with Gasteiger partial charge in [-0.25, -0.2) is 0 Å². The van der Waals surface area contributed by atoms with Crippen LogP contribution in [0.2, 0.25) is 0 Å². The molecule has 0 aliphatic heterocycles. The van der Waals surface area contributed by atoms with Crippen molar-refractivity contribution in [2.45, 2.75) is 38.5 Å². The summed E-state index contributed by atoms with van der Waals surface area (Å²) in [5.74, 6) is 9.27. The topological polar surface area (TPSA) is 405 Å². The highest BCUT2D eigenvalue weighted by atomic mass is 16.7. The van der Waals surface area contributed by atoms with E-state index in [0.29, 0.717) is 62.4 Å². The minimum Gasteiger partial charge on any atom is -0.494 e. The summed E-state index contributed by atoms with van der Waals surface area (Å²) in [6, 6.07) is 96.5. The van der Waals surface area contributed by atoms with Crippen molar-refractivity contribution in [1.82, 2.24) is 0 Å². The third-order valence-corrected chi connectivity index (χ3v) is 16.0. The van der Waals surface area contributed by atoms with E-state index in [4.69, 9.17) is 116 Å². The van der Waals surface area contributed by atoms with E-state index < -0.39 is 0 Å². The van der Waals surface area contributed by atoms with Gasteiger partial charge in [0.1, 0.15) is 82.2 Å². The Morgan fingerprint density at radius 2 is 0.292 bits per heavy atom. The van der Waals surface area contributed by atoms with Gasteiger partial charge in [-0.3, -0.25) is 0 Å². The minimum absolute atomic E-state index is 0.147. The lowest BCUT2D eigenvalue weighted by Crippen LogP contribution is -2.08. The number of unbranched alkanes of at least 4 members (excludes halogenated alkanes) is 1. The maximum absolute atomic E-state index is 5.73. The Hall–Kier alpha value is -14.5.